The molecule has 0 saturated heterocycles. The largest absolute Gasteiger partial charge is 0.341 e. The number of amides is 2. The fourth-order valence-corrected chi connectivity index (χ4v) is 7.26. The van der Waals surface area contributed by atoms with Gasteiger partial charge in [-0.15, -0.1) is 0 Å². The van der Waals surface area contributed by atoms with Crippen LogP contribution in [0.1, 0.15) is 67.8 Å². The smallest absolute Gasteiger partial charge is 0.253 e. The number of carbonyl (C=O) groups is 2. The van der Waals surface area contributed by atoms with Crippen molar-refractivity contribution >= 4 is 17.5 Å². The lowest BCUT2D eigenvalue weighted by Crippen LogP contribution is -2.51. The molecule has 4 fully saturated rings. The first-order valence-electron chi connectivity index (χ1n) is 11.1. The van der Waals surface area contributed by atoms with Gasteiger partial charge < -0.3 is 9.80 Å². The first-order valence-corrected chi connectivity index (χ1v) is 11.1. The molecule has 0 spiro atoms. The van der Waals surface area contributed by atoms with Gasteiger partial charge in [0.25, 0.3) is 5.91 Å². The Labute approximate surface area is 168 Å². The van der Waals surface area contributed by atoms with Gasteiger partial charge in [-0.05, 0) is 91.9 Å². The molecule has 0 atom stereocenters. The van der Waals surface area contributed by atoms with Crippen LogP contribution in [0.25, 0.3) is 0 Å². The van der Waals surface area contributed by atoms with Crippen molar-refractivity contribution in [2.45, 2.75) is 58.3 Å². The van der Waals surface area contributed by atoms with Crippen molar-refractivity contribution in [2.75, 3.05) is 25.0 Å². The molecule has 4 aliphatic carbocycles. The molecular formula is C24H32N2O2. The van der Waals surface area contributed by atoms with E-state index in [-0.39, 0.29) is 11.8 Å². The van der Waals surface area contributed by atoms with Crippen LogP contribution in [-0.2, 0) is 11.2 Å². The maximum Gasteiger partial charge on any atom is 0.253 e. The Morgan fingerprint density at radius 2 is 1.75 bits per heavy atom. The first kappa shape index (κ1) is 18.2. The molecule has 1 aliphatic heterocycles. The van der Waals surface area contributed by atoms with Crippen LogP contribution in [0.2, 0.25) is 0 Å². The van der Waals surface area contributed by atoms with Gasteiger partial charge in [0.2, 0.25) is 5.91 Å². The minimum Gasteiger partial charge on any atom is -0.341 e. The fraction of sp³-hybridized carbons (Fsp3) is 0.667. The number of anilines is 1. The Kier molecular flexibility index (Phi) is 4.29. The van der Waals surface area contributed by atoms with Crippen molar-refractivity contribution in [3.05, 3.63) is 29.3 Å². The van der Waals surface area contributed by atoms with Gasteiger partial charge in [-0.1, -0.05) is 6.92 Å². The Morgan fingerprint density at radius 3 is 2.36 bits per heavy atom. The standard InChI is InChI=1S/C24H32N2O2/c1-3-22(27)26-7-6-19-11-20(4-5-21(19)26)23(28)25(2)15-24-12-16-8-17(13-24)10-18(9-16)14-24/h4-5,11,16-18H,3,6-10,12-15H2,1-2H3. The highest BCUT2D eigenvalue weighted by atomic mass is 16.2. The van der Waals surface area contributed by atoms with E-state index in [9.17, 15) is 9.59 Å². The number of rotatable bonds is 4. The number of hydrogen-bond donors (Lipinski definition) is 0. The van der Waals surface area contributed by atoms with E-state index in [4.69, 9.17) is 0 Å². The molecule has 0 aromatic heterocycles. The quantitative estimate of drug-likeness (QED) is 0.782. The molecule has 5 aliphatic rings. The molecular weight excluding hydrogens is 348 g/mol. The molecule has 1 aromatic rings. The van der Waals surface area contributed by atoms with Crippen molar-refractivity contribution in [1.82, 2.24) is 4.90 Å². The summed E-state index contributed by atoms with van der Waals surface area (Å²) in [5.74, 6) is 3.04. The average Bonchev–Trinajstić information content (AvgIpc) is 3.08. The van der Waals surface area contributed by atoms with Gasteiger partial charge >= 0.3 is 0 Å². The molecule has 1 heterocycles. The van der Waals surface area contributed by atoms with E-state index in [2.05, 4.69) is 0 Å². The third-order valence-corrected chi connectivity index (χ3v) is 7.91. The fourth-order valence-electron chi connectivity index (χ4n) is 7.26. The molecule has 6 rings (SSSR count). The average molecular weight is 381 g/mol. The molecule has 4 saturated carbocycles. The Balaban J connectivity index is 1.31. The van der Waals surface area contributed by atoms with E-state index >= 15 is 0 Å². The molecule has 1 aromatic carbocycles. The summed E-state index contributed by atoms with van der Waals surface area (Å²) in [6, 6.07) is 5.91. The van der Waals surface area contributed by atoms with Crippen molar-refractivity contribution in [3.8, 4) is 0 Å². The van der Waals surface area contributed by atoms with Crippen LogP contribution in [0, 0.1) is 23.2 Å². The Hall–Kier alpha value is -1.84. The summed E-state index contributed by atoms with van der Waals surface area (Å²) >= 11 is 0. The van der Waals surface area contributed by atoms with Gasteiger partial charge in [0.1, 0.15) is 0 Å². The second-order valence-electron chi connectivity index (χ2n) is 10.1. The van der Waals surface area contributed by atoms with Crippen LogP contribution in [0.15, 0.2) is 18.2 Å². The minimum atomic E-state index is 0.138. The van der Waals surface area contributed by atoms with Gasteiger partial charge in [0, 0.05) is 37.8 Å². The van der Waals surface area contributed by atoms with Gasteiger partial charge in [0.15, 0.2) is 0 Å². The van der Waals surface area contributed by atoms with Gasteiger partial charge in [0.05, 0.1) is 0 Å². The zero-order valence-corrected chi connectivity index (χ0v) is 17.2. The molecule has 0 N–H and O–H groups in total. The predicted molar refractivity (Wildman–Crippen MR) is 110 cm³/mol. The molecule has 0 unspecified atom stereocenters. The topological polar surface area (TPSA) is 40.6 Å². The molecule has 28 heavy (non-hydrogen) atoms. The molecule has 0 radical (unpaired) electrons. The highest BCUT2D eigenvalue weighted by Gasteiger charge is 2.51. The van der Waals surface area contributed by atoms with E-state index in [1.54, 1.807) is 0 Å². The first-order chi connectivity index (χ1) is 13.5. The number of hydrogen-bond acceptors (Lipinski definition) is 2. The van der Waals surface area contributed by atoms with Crippen LogP contribution in [0.5, 0.6) is 0 Å². The summed E-state index contributed by atoms with van der Waals surface area (Å²) in [5.41, 5.74) is 3.28. The maximum absolute atomic E-state index is 13.2. The highest BCUT2D eigenvalue weighted by molar-refractivity contribution is 5.98. The predicted octanol–water partition coefficient (Wildman–Crippen LogP) is 4.27. The van der Waals surface area contributed by atoms with Crippen molar-refractivity contribution in [3.63, 3.8) is 0 Å². The van der Waals surface area contributed by atoms with E-state index in [0.717, 1.165) is 54.1 Å². The lowest BCUT2D eigenvalue weighted by Gasteiger charge is -2.57. The van der Waals surface area contributed by atoms with Crippen LogP contribution < -0.4 is 4.90 Å². The maximum atomic E-state index is 13.2. The molecule has 4 bridgehead atoms. The second-order valence-corrected chi connectivity index (χ2v) is 10.1. The summed E-state index contributed by atoms with van der Waals surface area (Å²) in [4.78, 5) is 29.1. The van der Waals surface area contributed by atoms with Crippen molar-refractivity contribution < 1.29 is 9.59 Å². The number of nitrogens with zero attached hydrogens (tertiary/aromatic N) is 2. The lowest BCUT2D eigenvalue weighted by molar-refractivity contribution is -0.118. The van der Waals surface area contributed by atoms with Crippen LogP contribution >= 0.6 is 0 Å². The number of carbonyl (C=O) groups excluding carboxylic acids is 2. The molecule has 4 nitrogen and oxygen atoms in total. The van der Waals surface area contributed by atoms with Gasteiger partial charge in [-0.25, -0.2) is 0 Å². The zero-order chi connectivity index (χ0) is 19.5. The van der Waals surface area contributed by atoms with Crippen LogP contribution in [0.3, 0.4) is 0 Å². The summed E-state index contributed by atoms with van der Waals surface area (Å²) < 4.78 is 0. The lowest BCUT2D eigenvalue weighted by atomic mass is 9.49. The van der Waals surface area contributed by atoms with Gasteiger partial charge in [-0.3, -0.25) is 9.59 Å². The summed E-state index contributed by atoms with van der Waals surface area (Å²) in [6.45, 7) is 3.55. The zero-order valence-electron chi connectivity index (χ0n) is 17.2. The molecule has 150 valence electrons. The van der Waals surface area contributed by atoms with E-state index in [0.29, 0.717) is 11.8 Å². The summed E-state index contributed by atoms with van der Waals surface area (Å²) in [6.07, 6.45) is 9.67. The van der Waals surface area contributed by atoms with Crippen LogP contribution in [0.4, 0.5) is 5.69 Å². The molecule has 4 heteroatoms. The number of benzene rings is 1. The van der Waals surface area contributed by atoms with Crippen LogP contribution in [-0.4, -0.2) is 36.9 Å². The SMILES string of the molecule is CCC(=O)N1CCc2cc(C(=O)N(C)CC34CC5CC(CC(C5)C3)C4)ccc21. The number of fused-ring (bicyclic) bond motifs is 1. The third kappa shape index (κ3) is 2.96. The van der Waals surface area contributed by atoms with E-state index in [1.807, 2.05) is 42.0 Å². The van der Waals surface area contributed by atoms with E-state index in [1.165, 1.54) is 38.5 Å². The summed E-state index contributed by atoms with van der Waals surface area (Å²) in [7, 11) is 1.99. The Bertz CT molecular complexity index is 780. The van der Waals surface area contributed by atoms with Gasteiger partial charge in [-0.2, -0.15) is 0 Å². The highest BCUT2D eigenvalue weighted by Crippen LogP contribution is 2.60. The van der Waals surface area contributed by atoms with E-state index < -0.39 is 0 Å². The molecule has 2 amide bonds. The normalized spacial score (nSPS) is 32.5. The third-order valence-electron chi connectivity index (χ3n) is 7.91. The summed E-state index contributed by atoms with van der Waals surface area (Å²) in [5, 5.41) is 0. The Morgan fingerprint density at radius 1 is 1.11 bits per heavy atom. The monoisotopic (exact) mass is 380 g/mol. The minimum absolute atomic E-state index is 0.138. The van der Waals surface area contributed by atoms with Crippen molar-refractivity contribution in [1.29, 1.82) is 0 Å². The second kappa shape index (κ2) is 6.60. The van der Waals surface area contributed by atoms with Crippen molar-refractivity contribution in [2.24, 2.45) is 23.2 Å².